The standard InChI is InChI=1S/C12H11BrN4O2/c1-7-2-3-8(4-10(7)13)15-12-6-9(17(18)19)5-11(14)16-12/h2-6H,1H3,(H3,14,15,16). The number of hydrogen-bond donors (Lipinski definition) is 2. The van der Waals surface area contributed by atoms with Crippen molar-refractivity contribution in [2.45, 2.75) is 6.92 Å². The molecule has 7 heteroatoms. The Morgan fingerprint density at radius 2 is 2.11 bits per heavy atom. The van der Waals surface area contributed by atoms with E-state index in [2.05, 4.69) is 26.2 Å². The first-order valence-corrected chi connectivity index (χ1v) is 6.20. The van der Waals surface area contributed by atoms with Gasteiger partial charge in [-0.25, -0.2) is 4.98 Å². The zero-order valence-corrected chi connectivity index (χ0v) is 11.6. The lowest BCUT2D eigenvalue weighted by Gasteiger charge is -2.08. The van der Waals surface area contributed by atoms with E-state index in [1.807, 2.05) is 25.1 Å². The van der Waals surface area contributed by atoms with Crippen molar-refractivity contribution in [1.82, 2.24) is 4.98 Å². The first-order chi connectivity index (χ1) is 8.95. The zero-order chi connectivity index (χ0) is 14.0. The fourth-order valence-corrected chi connectivity index (χ4v) is 1.90. The van der Waals surface area contributed by atoms with Gasteiger partial charge in [-0.2, -0.15) is 0 Å². The van der Waals surface area contributed by atoms with Crippen molar-refractivity contribution in [2.75, 3.05) is 11.1 Å². The number of pyridine rings is 1. The monoisotopic (exact) mass is 322 g/mol. The minimum absolute atomic E-state index is 0.0961. The quantitative estimate of drug-likeness (QED) is 0.667. The predicted octanol–water partition coefficient (Wildman–Crippen LogP) is 3.39. The van der Waals surface area contributed by atoms with Gasteiger partial charge in [0, 0.05) is 10.2 Å². The van der Waals surface area contributed by atoms with Crippen LogP contribution in [0.3, 0.4) is 0 Å². The highest BCUT2D eigenvalue weighted by Gasteiger charge is 2.10. The van der Waals surface area contributed by atoms with Gasteiger partial charge in [-0.1, -0.05) is 22.0 Å². The number of nitrogens with zero attached hydrogens (tertiary/aromatic N) is 2. The normalized spacial score (nSPS) is 10.2. The number of aromatic nitrogens is 1. The Balaban J connectivity index is 2.32. The van der Waals surface area contributed by atoms with E-state index in [-0.39, 0.29) is 11.5 Å². The fraction of sp³-hybridized carbons (Fsp3) is 0.0833. The molecule has 0 spiro atoms. The molecule has 0 radical (unpaired) electrons. The summed E-state index contributed by atoms with van der Waals surface area (Å²) in [7, 11) is 0. The van der Waals surface area contributed by atoms with Gasteiger partial charge in [0.2, 0.25) is 0 Å². The van der Waals surface area contributed by atoms with Gasteiger partial charge in [-0.05, 0) is 24.6 Å². The van der Waals surface area contributed by atoms with E-state index in [4.69, 9.17) is 5.73 Å². The second-order valence-corrected chi connectivity index (χ2v) is 4.84. The van der Waals surface area contributed by atoms with E-state index in [1.165, 1.54) is 12.1 Å². The molecule has 2 aromatic rings. The molecular formula is C12H11BrN4O2. The van der Waals surface area contributed by atoms with E-state index in [9.17, 15) is 10.1 Å². The van der Waals surface area contributed by atoms with Crippen LogP contribution in [0.25, 0.3) is 0 Å². The lowest BCUT2D eigenvalue weighted by molar-refractivity contribution is -0.384. The molecule has 0 aliphatic heterocycles. The lowest BCUT2D eigenvalue weighted by Crippen LogP contribution is -2.00. The van der Waals surface area contributed by atoms with E-state index in [1.54, 1.807) is 0 Å². The molecule has 0 saturated heterocycles. The average molecular weight is 323 g/mol. The number of nitrogen functional groups attached to an aromatic ring is 1. The Morgan fingerprint density at radius 1 is 1.37 bits per heavy atom. The van der Waals surface area contributed by atoms with Crippen LogP contribution in [-0.4, -0.2) is 9.91 Å². The lowest BCUT2D eigenvalue weighted by atomic mass is 10.2. The Bertz CT molecular complexity index is 646. The second kappa shape index (κ2) is 5.23. The minimum atomic E-state index is -0.506. The number of halogens is 1. The third-order valence-corrected chi connectivity index (χ3v) is 3.34. The van der Waals surface area contributed by atoms with Crippen molar-refractivity contribution in [3.05, 3.63) is 50.5 Å². The number of nitrogens with one attached hydrogen (secondary N) is 1. The first-order valence-electron chi connectivity index (χ1n) is 5.41. The van der Waals surface area contributed by atoms with Gasteiger partial charge in [0.15, 0.2) is 0 Å². The maximum Gasteiger partial charge on any atom is 0.276 e. The molecule has 0 saturated carbocycles. The predicted molar refractivity (Wildman–Crippen MR) is 77.5 cm³/mol. The van der Waals surface area contributed by atoms with Crippen molar-refractivity contribution in [2.24, 2.45) is 0 Å². The Morgan fingerprint density at radius 3 is 2.74 bits per heavy atom. The molecule has 0 amide bonds. The van der Waals surface area contributed by atoms with Crippen LogP contribution in [0.5, 0.6) is 0 Å². The molecule has 19 heavy (non-hydrogen) atoms. The highest BCUT2D eigenvalue weighted by atomic mass is 79.9. The topological polar surface area (TPSA) is 94.1 Å². The number of hydrogen-bond acceptors (Lipinski definition) is 5. The summed E-state index contributed by atoms with van der Waals surface area (Å²) in [6, 6.07) is 8.20. The molecule has 0 atom stereocenters. The minimum Gasteiger partial charge on any atom is -0.383 e. The van der Waals surface area contributed by atoms with Crippen LogP contribution >= 0.6 is 15.9 Å². The first kappa shape index (κ1) is 13.3. The third-order valence-electron chi connectivity index (χ3n) is 2.48. The van der Waals surface area contributed by atoms with Gasteiger partial charge in [-0.3, -0.25) is 10.1 Å². The van der Waals surface area contributed by atoms with Gasteiger partial charge in [0.1, 0.15) is 11.6 Å². The van der Waals surface area contributed by atoms with Crippen molar-refractivity contribution in [1.29, 1.82) is 0 Å². The highest BCUT2D eigenvalue weighted by Crippen LogP contribution is 2.25. The van der Waals surface area contributed by atoms with Gasteiger partial charge in [0.25, 0.3) is 5.69 Å². The number of nitro groups is 1. The van der Waals surface area contributed by atoms with Crippen LogP contribution in [0.15, 0.2) is 34.8 Å². The van der Waals surface area contributed by atoms with Crippen LogP contribution in [0.4, 0.5) is 23.0 Å². The maximum atomic E-state index is 10.7. The van der Waals surface area contributed by atoms with Crippen LogP contribution in [-0.2, 0) is 0 Å². The second-order valence-electron chi connectivity index (χ2n) is 3.98. The largest absolute Gasteiger partial charge is 0.383 e. The van der Waals surface area contributed by atoms with Crippen molar-refractivity contribution in [3.63, 3.8) is 0 Å². The van der Waals surface area contributed by atoms with Crippen LogP contribution in [0, 0.1) is 17.0 Å². The molecule has 6 nitrogen and oxygen atoms in total. The summed E-state index contributed by atoms with van der Waals surface area (Å²) in [4.78, 5) is 14.2. The Labute approximate surface area is 117 Å². The van der Waals surface area contributed by atoms with Crippen molar-refractivity contribution < 1.29 is 4.92 Å². The van der Waals surface area contributed by atoms with Crippen molar-refractivity contribution in [3.8, 4) is 0 Å². The number of rotatable bonds is 3. The molecule has 98 valence electrons. The average Bonchev–Trinajstić information content (AvgIpc) is 2.33. The van der Waals surface area contributed by atoms with Gasteiger partial charge in [0.05, 0.1) is 17.1 Å². The molecule has 2 rings (SSSR count). The molecule has 1 aromatic carbocycles. The Kier molecular flexibility index (Phi) is 3.66. The van der Waals surface area contributed by atoms with E-state index in [0.717, 1.165) is 15.7 Å². The summed E-state index contributed by atoms with van der Waals surface area (Å²) in [5.41, 5.74) is 7.31. The summed E-state index contributed by atoms with van der Waals surface area (Å²) in [5.74, 6) is 0.435. The molecule has 0 fully saturated rings. The maximum absolute atomic E-state index is 10.7. The SMILES string of the molecule is Cc1ccc(Nc2cc([N+](=O)[O-])cc(N)n2)cc1Br. The van der Waals surface area contributed by atoms with E-state index in [0.29, 0.717) is 5.82 Å². The van der Waals surface area contributed by atoms with Crippen LogP contribution in [0.2, 0.25) is 0 Å². The molecule has 3 N–H and O–H groups in total. The third kappa shape index (κ3) is 3.19. The van der Waals surface area contributed by atoms with Gasteiger partial charge in [-0.15, -0.1) is 0 Å². The van der Waals surface area contributed by atoms with Crippen LogP contribution < -0.4 is 11.1 Å². The Hall–Kier alpha value is -2.15. The smallest absolute Gasteiger partial charge is 0.276 e. The molecule has 0 bridgehead atoms. The molecule has 0 unspecified atom stereocenters. The van der Waals surface area contributed by atoms with Gasteiger partial charge >= 0.3 is 0 Å². The molecule has 0 aliphatic rings. The molecule has 1 heterocycles. The summed E-state index contributed by atoms with van der Waals surface area (Å²) in [5, 5.41) is 13.7. The van der Waals surface area contributed by atoms with Crippen LogP contribution in [0.1, 0.15) is 5.56 Å². The molecular weight excluding hydrogens is 312 g/mol. The number of benzene rings is 1. The fourth-order valence-electron chi connectivity index (χ4n) is 1.52. The van der Waals surface area contributed by atoms with Gasteiger partial charge < -0.3 is 11.1 Å². The number of aryl methyl sites for hydroxylation is 1. The highest BCUT2D eigenvalue weighted by molar-refractivity contribution is 9.10. The van der Waals surface area contributed by atoms with E-state index < -0.39 is 4.92 Å². The molecule has 1 aromatic heterocycles. The van der Waals surface area contributed by atoms with Crippen molar-refractivity contribution >= 4 is 38.9 Å². The summed E-state index contributed by atoms with van der Waals surface area (Å²) in [6.07, 6.45) is 0. The summed E-state index contributed by atoms with van der Waals surface area (Å²) in [6.45, 7) is 1.97. The number of anilines is 3. The summed E-state index contributed by atoms with van der Waals surface area (Å²) >= 11 is 3.42. The molecule has 0 aliphatic carbocycles. The van der Waals surface area contributed by atoms with E-state index >= 15 is 0 Å². The zero-order valence-electron chi connectivity index (χ0n) is 10.1. The summed E-state index contributed by atoms with van der Waals surface area (Å²) < 4.78 is 0.941. The number of nitrogens with two attached hydrogens (primary N) is 1.